The highest BCUT2D eigenvalue weighted by Gasteiger charge is 2.45. The number of carbonyl (C=O) groups excluding carboxylic acids is 4. The molecule has 2 N–H and O–H groups in total. The highest BCUT2D eigenvalue weighted by molar-refractivity contribution is 6.23. The van der Waals surface area contributed by atoms with Crippen molar-refractivity contribution in [3.05, 3.63) is 101 Å². The van der Waals surface area contributed by atoms with Gasteiger partial charge < -0.3 is 23.6 Å². The van der Waals surface area contributed by atoms with Crippen LogP contribution in [-0.4, -0.2) is 61.9 Å². The summed E-state index contributed by atoms with van der Waals surface area (Å²) in [4.78, 5) is 55.2. The number of piperidine rings is 1. The van der Waals surface area contributed by atoms with E-state index in [-0.39, 0.29) is 53.5 Å². The van der Waals surface area contributed by atoms with E-state index in [4.69, 9.17) is 18.3 Å². The molecule has 1 atom stereocenters. The van der Waals surface area contributed by atoms with Crippen LogP contribution in [0.15, 0.2) is 81.8 Å². The second-order valence-electron chi connectivity index (χ2n) is 13.7. The average Bonchev–Trinajstić information content (AvgIpc) is 3.82. The Bertz CT molecular complexity index is 2200. The van der Waals surface area contributed by atoms with E-state index in [1.165, 1.54) is 6.20 Å². The van der Waals surface area contributed by atoms with Gasteiger partial charge in [0.15, 0.2) is 0 Å². The second kappa shape index (κ2) is 12.8. The second-order valence-corrected chi connectivity index (χ2v) is 13.7. The first-order chi connectivity index (χ1) is 25.0. The van der Waals surface area contributed by atoms with Crippen LogP contribution in [0.3, 0.4) is 0 Å². The highest BCUT2D eigenvalue weighted by Crippen LogP contribution is 2.36. The third-order valence-electron chi connectivity index (χ3n) is 9.79. The lowest BCUT2D eigenvalue weighted by Gasteiger charge is -2.36. The van der Waals surface area contributed by atoms with Crippen molar-refractivity contribution in [3.63, 3.8) is 0 Å². The number of hydrogen-bond donors (Lipinski definition) is 2. The summed E-state index contributed by atoms with van der Waals surface area (Å²) < 4.78 is 23.0. The number of imide groups is 2. The normalized spacial score (nSPS) is 20.0. The number of benzene rings is 3. The van der Waals surface area contributed by atoms with Crippen molar-refractivity contribution in [1.29, 1.82) is 0 Å². The van der Waals surface area contributed by atoms with Crippen LogP contribution in [-0.2, 0) is 15.0 Å². The number of nitrogens with zero attached hydrogens (tertiary/aromatic N) is 4. The minimum atomic E-state index is -0.992. The van der Waals surface area contributed by atoms with Crippen molar-refractivity contribution in [3.8, 4) is 29.2 Å². The number of hydrogen-bond acceptors (Lipinski definition) is 12. The van der Waals surface area contributed by atoms with Crippen LogP contribution >= 0.6 is 0 Å². The largest absolute Gasteiger partial charge is 0.490 e. The van der Waals surface area contributed by atoms with E-state index in [9.17, 15) is 19.2 Å². The van der Waals surface area contributed by atoms with Gasteiger partial charge in [-0.15, -0.1) is 10.2 Å². The number of oxazole rings is 1. The Morgan fingerprint density at radius 3 is 2.23 bits per heavy atom. The van der Waals surface area contributed by atoms with Gasteiger partial charge in [-0.25, -0.2) is 0 Å². The number of anilines is 1. The standard InChI is InChI=1S/C38H34N6O8/c1-20-42-43-34(49-20)31-19-39-37(52-31)51-26-11-6-22(7-12-26)38(2,3)21-4-9-25(10-5-21)50-27-16-24(17-27)40-23-8-13-28-29(18-23)36(48)44(35(28)47)30-14-15-32(45)41-33(30)46/h4-13,18-19,24,27,30,40H,14-17H2,1-3H3,(H,41,45,46)/t24-,27-,30?. The van der Waals surface area contributed by atoms with Gasteiger partial charge in [0.05, 0.1) is 17.3 Å². The fourth-order valence-electron chi connectivity index (χ4n) is 6.73. The number of aromatic nitrogens is 3. The summed E-state index contributed by atoms with van der Waals surface area (Å²) in [6.45, 7) is 6.00. The van der Waals surface area contributed by atoms with E-state index >= 15 is 0 Å². The molecule has 1 saturated carbocycles. The third kappa shape index (κ3) is 6.16. The zero-order valence-corrected chi connectivity index (χ0v) is 28.5. The fourth-order valence-corrected chi connectivity index (χ4v) is 6.73. The van der Waals surface area contributed by atoms with Gasteiger partial charge in [0.2, 0.25) is 23.5 Å². The maximum absolute atomic E-state index is 13.2. The average molecular weight is 703 g/mol. The molecule has 0 radical (unpaired) electrons. The molecule has 2 aliphatic heterocycles. The van der Waals surface area contributed by atoms with Gasteiger partial charge in [0, 0.05) is 43.3 Å². The Morgan fingerprint density at radius 2 is 1.56 bits per heavy atom. The molecule has 264 valence electrons. The number of nitrogens with one attached hydrogen (secondary N) is 2. The summed E-state index contributed by atoms with van der Waals surface area (Å²) in [6.07, 6.45) is 3.29. The van der Waals surface area contributed by atoms with Gasteiger partial charge in [-0.3, -0.25) is 29.4 Å². The molecule has 0 spiro atoms. The molecule has 4 heterocycles. The lowest BCUT2D eigenvalue weighted by molar-refractivity contribution is -0.136. The molecule has 1 unspecified atom stereocenters. The molecule has 0 bridgehead atoms. The number of aryl methyl sites for hydroxylation is 1. The van der Waals surface area contributed by atoms with Crippen LogP contribution in [0.25, 0.3) is 11.7 Å². The lowest BCUT2D eigenvalue weighted by atomic mass is 9.78. The van der Waals surface area contributed by atoms with E-state index in [2.05, 4.69) is 51.8 Å². The molecule has 2 fully saturated rings. The summed E-state index contributed by atoms with van der Waals surface area (Å²) >= 11 is 0. The van der Waals surface area contributed by atoms with Crippen molar-refractivity contribution in [2.75, 3.05) is 5.32 Å². The van der Waals surface area contributed by atoms with E-state index < -0.39 is 29.7 Å². The molecule has 4 amide bonds. The molecule has 1 aliphatic carbocycles. The van der Waals surface area contributed by atoms with Crippen LogP contribution in [0.2, 0.25) is 0 Å². The van der Waals surface area contributed by atoms with Gasteiger partial charge in [0.25, 0.3) is 17.7 Å². The zero-order valence-electron chi connectivity index (χ0n) is 28.5. The van der Waals surface area contributed by atoms with E-state index in [0.29, 0.717) is 23.1 Å². The highest BCUT2D eigenvalue weighted by atomic mass is 16.6. The van der Waals surface area contributed by atoms with Gasteiger partial charge >= 0.3 is 6.08 Å². The predicted molar refractivity (Wildman–Crippen MR) is 184 cm³/mol. The van der Waals surface area contributed by atoms with Crippen LogP contribution in [0, 0.1) is 6.92 Å². The zero-order chi connectivity index (χ0) is 36.1. The molecule has 14 heteroatoms. The Kier molecular flexibility index (Phi) is 8.08. The minimum absolute atomic E-state index is 0.0282. The molecular formula is C38H34N6O8. The first kappa shape index (κ1) is 32.9. The first-order valence-electron chi connectivity index (χ1n) is 17.0. The van der Waals surface area contributed by atoms with Crippen molar-refractivity contribution < 1.29 is 37.5 Å². The maximum atomic E-state index is 13.2. The smallest absolute Gasteiger partial charge is 0.399 e. The number of amides is 4. The monoisotopic (exact) mass is 702 g/mol. The molecule has 2 aromatic heterocycles. The minimum Gasteiger partial charge on any atom is -0.490 e. The van der Waals surface area contributed by atoms with E-state index in [1.807, 2.05) is 36.4 Å². The summed E-state index contributed by atoms with van der Waals surface area (Å²) in [6, 6.07) is 20.0. The van der Waals surface area contributed by atoms with Crippen molar-refractivity contribution in [2.24, 2.45) is 0 Å². The number of rotatable bonds is 10. The Balaban J connectivity index is 0.834. The number of fused-ring (bicyclic) bond motifs is 1. The molecule has 52 heavy (non-hydrogen) atoms. The lowest BCUT2D eigenvalue weighted by Crippen LogP contribution is -2.54. The Labute approximate surface area is 297 Å². The topological polar surface area (TPSA) is 179 Å². The number of carbonyl (C=O) groups is 4. The third-order valence-corrected chi connectivity index (χ3v) is 9.79. The van der Waals surface area contributed by atoms with Gasteiger partial charge in [-0.05, 0) is 60.0 Å². The van der Waals surface area contributed by atoms with Crippen molar-refractivity contribution >= 4 is 29.3 Å². The van der Waals surface area contributed by atoms with Crippen LogP contribution in [0.5, 0.6) is 17.6 Å². The van der Waals surface area contributed by atoms with Gasteiger partial charge in [-0.2, -0.15) is 4.98 Å². The van der Waals surface area contributed by atoms with Crippen LogP contribution in [0.4, 0.5) is 5.69 Å². The summed E-state index contributed by atoms with van der Waals surface area (Å²) in [5.41, 5.74) is 3.13. The van der Waals surface area contributed by atoms with Crippen molar-refractivity contribution in [1.82, 2.24) is 25.4 Å². The summed E-state index contributed by atoms with van der Waals surface area (Å²) in [7, 11) is 0. The molecule has 5 aromatic rings. The summed E-state index contributed by atoms with van der Waals surface area (Å²) in [5, 5.41) is 13.4. The predicted octanol–water partition coefficient (Wildman–Crippen LogP) is 5.57. The Hall–Kier alpha value is -6.31. The molecule has 14 nitrogen and oxygen atoms in total. The van der Waals surface area contributed by atoms with E-state index in [1.54, 1.807) is 25.1 Å². The summed E-state index contributed by atoms with van der Waals surface area (Å²) in [5.74, 6) is 0.253. The van der Waals surface area contributed by atoms with Crippen LogP contribution in [0.1, 0.15) is 77.3 Å². The van der Waals surface area contributed by atoms with Gasteiger partial charge in [-0.1, -0.05) is 38.1 Å². The maximum Gasteiger partial charge on any atom is 0.399 e. The van der Waals surface area contributed by atoms with E-state index in [0.717, 1.165) is 34.6 Å². The van der Waals surface area contributed by atoms with Crippen molar-refractivity contribution in [2.45, 2.75) is 70.1 Å². The quantitative estimate of drug-likeness (QED) is 0.173. The Morgan fingerprint density at radius 1 is 0.865 bits per heavy atom. The fraction of sp³-hybridized carbons (Fsp3) is 0.289. The first-order valence-corrected chi connectivity index (χ1v) is 17.0. The van der Waals surface area contributed by atoms with Gasteiger partial charge in [0.1, 0.15) is 23.6 Å². The molecule has 3 aromatic carbocycles. The SMILES string of the molecule is Cc1nnc(-c2cnc(Oc3ccc(C(C)(C)c4ccc(O[C@H]5C[C@H](Nc6ccc7c(c6)C(=O)N(C6CCC(=O)NC6=O)C7=O)C5)cc4)cc3)o2)o1. The number of ether oxygens (including phenoxy) is 2. The van der Waals surface area contributed by atoms with Crippen LogP contribution < -0.4 is 20.1 Å². The molecule has 1 saturated heterocycles. The molecule has 3 aliphatic rings. The molecular weight excluding hydrogens is 668 g/mol. The molecule has 8 rings (SSSR count).